The molecule has 10 aromatic rings. The maximum atomic E-state index is 6.46. The van der Waals surface area contributed by atoms with Gasteiger partial charge in [0.1, 0.15) is 16.8 Å². The molecule has 0 aliphatic rings. The highest BCUT2D eigenvalue weighted by molar-refractivity contribution is 7.25. The van der Waals surface area contributed by atoms with Crippen LogP contribution in [0.4, 0.5) is 0 Å². The molecule has 0 saturated heterocycles. The largest absolute Gasteiger partial charge is 0.452 e. The van der Waals surface area contributed by atoms with Crippen LogP contribution in [-0.4, -0.2) is 14.5 Å². The van der Waals surface area contributed by atoms with Crippen molar-refractivity contribution >= 4 is 75.4 Å². The summed E-state index contributed by atoms with van der Waals surface area (Å²) in [7, 11) is 0. The lowest BCUT2D eigenvalue weighted by molar-refractivity contribution is 0.666. The molecule has 0 aliphatic carbocycles. The summed E-state index contributed by atoms with van der Waals surface area (Å²) in [5.74, 6) is 0.628. The highest BCUT2D eigenvalue weighted by atomic mass is 32.1. The second kappa shape index (κ2) is 9.36. The van der Waals surface area contributed by atoms with Gasteiger partial charge in [-0.05, 0) is 47.5 Å². The number of hydrogen-bond acceptors (Lipinski definition) is 4. The minimum atomic E-state index is 0.628. The van der Waals surface area contributed by atoms with Crippen molar-refractivity contribution < 1.29 is 4.42 Å². The van der Waals surface area contributed by atoms with Gasteiger partial charge in [-0.15, -0.1) is 11.3 Å². The SMILES string of the molecule is c1ccc(-c2ccc(-c3nc(-n4c5ccccc5c5cc6c(cc54)sc4ccccc46)nc4c3oc3ccccc34)cc2)cc1. The molecule has 4 nitrogen and oxygen atoms in total. The zero-order valence-corrected chi connectivity index (χ0v) is 24.8. The van der Waals surface area contributed by atoms with Crippen LogP contribution in [-0.2, 0) is 0 Å². The van der Waals surface area contributed by atoms with Gasteiger partial charge in [-0.25, -0.2) is 9.97 Å². The number of para-hydroxylation sites is 2. The lowest BCUT2D eigenvalue weighted by atomic mass is 10.0. The van der Waals surface area contributed by atoms with Gasteiger partial charge in [0.25, 0.3) is 0 Å². The Morgan fingerprint density at radius 2 is 1.18 bits per heavy atom. The molecular formula is C40H23N3OS. The van der Waals surface area contributed by atoms with Gasteiger partial charge in [0.05, 0.1) is 11.0 Å². The van der Waals surface area contributed by atoms with Gasteiger partial charge in [-0.3, -0.25) is 4.57 Å². The monoisotopic (exact) mass is 593 g/mol. The predicted molar refractivity (Wildman–Crippen MR) is 187 cm³/mol. The minimum Gasteiger partial charge on any atom is -0.452 e. The number of thiophene rings is 1. The number of aromatic nitrogens is 3. The number of furan rings is 1. The molecule has 0 fully saturated rings. The Kier molecular flexibility index (Phi) is 5.12. The Bertz CT molecular complexity index is 2750. The fraction of sp³-hybridized carbons (Fsp3) is 0. The van der Waals surface area contributed by atoms with E-state index in [2.05, 4.69) is 120 Å². The van der Waals surface area contributed by atoms with Crippen LogP contribution in [0.15, 0.2) is 144 Å². The molecular weight excluding hydrogens is 571 g/mol. The van der Waals surface area contributed by atoms with Crippen molar-refractivity contribution in [1.29, 1.82) is 0 Å². The first-order chi connectivity index (χ1) is 22.3. The summed E-state index contributed by atoms with van der Waals surface area (Å²) in [5.41, 5.74) is 8.57. The van der Waals surface area contributed by atoms with Crippen molar-refractivity contribution in [1.82, 2.24) is 14.5 Å². The molecule has 0 spiro atoms. The van der Waals surface area contributed by atoms with Crippen LogP contribution in [0.25, 0.3) is 92.4 Å². The maximum Gasteiger partial charge on any atom is 0.236 e. The van der Waals surface area contributed by atoms with E-state index < -0.39 is 0 Å². The Labute approximate surface area is 261 Å². The average molecular weight is 594 g/mol. The standard InChI is InChI=1S/C40H23N3OS/c1-2-10-24(11-3-1)25-18-20-26(21-19-25)37-39-38(29-14-5-8-16-34(29)44-39)42-40(41-37)43-32-15-7-4-12-27(32)30-22-31-28-13-6-9-17-35(28)45-36(31)23-33(30)43/h1-23H. The van der Waals surface area contributed by atoms with Crippen LogP contribution in [0.3, 0.4) is 0 Å². The lowest BCUT2D eigenvalue weighted by Gasteiger charge is -2.10. The van der Waals surface area contributed by atoms with Crippen LogP contribution in [0.1, 0.15) is 0 Å². The molecule has 0 amide bonds. The first kappa shape index (κ1) is 24.6. The van der Waals surface area contributed by atoms with Crippen molar-refractivity contribution in [2.24, 2.45) is 0 Å². The summed E-state index contributed by atoms with van der Waals surface area (Å²) in [4.78, 5) is 10.5. The molecule has 6 aromatic carbocycles. The molecule has 0 atom stereocenters. The van der Waals surface area contributed by atoms with E-state index in [-0.39, 0.29) is 0 Å². The summed E-state index contributed by atoms with van der Waals surface area (Å²) in [6.07, 6.45) is 0. The van der Waals surface area contributed by atoms with Crippen LogP contribution < -0.4 is 0 Å². The number of nitrogens with zero attached hydrogens (tertiary/aromatic N) is 3. The molecule has 210 valence electrons. The van der Waals surface area contributed by atoms with Gasteiger partial charge in [-0.2, -0.15) is 0 Å². The molecule has 0 unspecified atom stereocenters. The van der Waals surface area contributed by atoms with Gasteiger partial charge in [0.15, 0.2) is 5.58 Å². The fourth-order valence-electron chi connectivity index (χ4n) is 6.73. The van der Waals surface area contributed by atoms with Crippen LogP contribution in [0, 0.1) is 0 Å². The molecule has 4 heterocycles. The van der Waals surface area contributed by atoms with Crippen molar-refractivity contribution in [3.63, 3.8) is 0 Å². The summed E-state index contributed by atoms with van der Waals surface area (Å²) < 4.78 is 11.2. The van der Waals surface area contributed by atoms with Gasteiger partial charge in [-0.1, -0.05) is 103 Å². The first-order valence-corrected chi connectivity index (χ1v) is 15.8. The number of hydrogen-bond donors (Lipinski definition) is 0. The highest BCUT2D eigenvalue weighted by Gasteiger charge is 2.22. The van der Waals surface area contributed by atoms with Gasteiger partial charge >= 0.3 is 0 Å². The Morgan fingerprint density at radius 1 is 0.489 bits per heavy atom. The van der Waals surface area contributed by atoms with E-state index >= 15 is 0 Å². The van der Waals surface area contributed by atoms with E-state index in [1.54, 1.807) is 0 Å². The molecule has 0 radical (unpaired) electrons. The molecule has 0 aliphatic heterocycles. The number of fused-ring (bicyclic) bond motifs is 9. The van der Waals surface area contributed by atoms with Crippen LogP contribution in [0.2, 0.25) is 0 Å². The topological polar surface area (TPSA) is 43.9 Å². The highest BCUT2D eigenvalue weighted by Crippen LogP contribution is 2.41. The van der Waals surface area contributed by atoms with Crippen molar-refractivity contribution in [2.75, 3.05) is 0 Å². The van der Waals surface area contributed by atoms with Crippen molar-refractivity contribution in [3.05, 3.63) is 140 Å². The van der Waals surface area contributed by atoms with Gasteiger partial charge in [0, 0.05) is 41.9 Å². The third kappa shape index (κ3) is 3.65. The summed E-state index contributed by atoms with van der Waals surface area (Å²) in [6, 6.07) is 49.0. The Hall–Kier alpha value is -5.78. The second-order valence-electron chi connectivity index (χ2n) is 11.4. The van der Waals surface area contributed by atoms with Crippen molar-refractivity contribution in [3.8, 4) is 28.3 Å². The normalized spacial score (nSPS) is 12.0. The lowest BCUT2D eigenvalue weighted by Crippen LogP contribution is -2.02. The minimum absolute atomic E-state index is 0.628. The van der Waals surface area contributed by atoms with Crippen molar-refractivity contribution in [2.45, 2.75) is 0 Å². The zero-order chi connectivity index (χ0) is 29.5. The quantitative estimate of drug-likeness (QED) is 0.205. The van der Waals surface area contributed by atoms with E-state index in [4.69, 9.17) is 14.4 Å². The molecule has 0 N–H and O–H groups in total. The molecule has 5 heteroatoms. The third-order valence-electron chi connectivity index (χ3n) is 8.84. The van der Waals surface area contributed by atoms with Crippen LogP contribution in [0.5, 0.6) is 0 Å². The predicted octanol–water partition coefficient (Wildman–Crippen LogP) is 11.2. The second-order valence-corrected chi connectivity index (χ2v) is 12.5. The third-order valence-corrected chi connectivity index (χ3v) is 9.98. The molecule has 45 heavy (non-hydrogen) atoms. The van der Waals surface area contributed by atoms with Crippen LogP contribution >= 0.6 is 11.3 Å². The van der Waals surface area contributed by atoms with E-state index in [1.165, 1.54) is 36.5 Å². The average Bonchev–Trinajstić information content (AvgIpc) is 3.76. The number of benzene rings is 6. The molecule has 10 rings (SSSR count). The zero-order valence-electron chi connectivity index (χ0n) is 23.9. The molecule has 4 aromatic heterocycles. The van der Waals surface area contributed by atoms with Gasteiger partial charge in [0.2, 0.25) is 5.95 Å². The smallest absolute Gasteiger partial charge is 0.236 e. The summed E-state index contributed by atoms with van der Waals surface area (Å²) >= 11 is 1.83. The fourth-order valence-corrected chi connectivity index (χ4v) is 7.85. The van der Waals surface area contributed by atoms with Gasteiger partial charge < -0.3 is 4.42 Å². The number of rotatable bonds is 3. The van der Waals surface area contributed by atoms with E-state index in [9.17, 15) is 0 Å². The Balaban J connectivity index is 1.28. The molecule has 0 saturated carbocycles. The summed E-state index contributed by atoms with van der Waals surface area (Å²) in [6.45, 7) is 0. The van der Waals surface area contributed by atoms with E-state index in [1.807, 2.05) is 35.6 Å². The first-order valence-electron chi connectivity index (χ1n) is 15.0. The summed E-state index contributed by atoms with van der Waals surface area (Å²) in [5, 5.41) is 5.92. The maximum absolute atomic E-state index is 6.46. The molecule has 0 bridgehead atoms. The van der Waals surface area contributed by atoms with E-state index in [0.29, 0.717) is 11.5 Å². The van der Waals surface area contributed by atoms with E-state index in [0.717, 1.165) is 44.3 Å². The Morgan fingerprint density at radius 3 is 2.04 bits per heavy atom.